The van der Waals surface area contributed by atoms with Gasteiger partial charge in [0.25, 0.3) is 5.91 Å². The summed E-state index contributed by atoms with van der Waals surface area (Å²) >= 11 is 3.06. The molecule has 0 unspecified atom stereocenters. The van der Waals surface area contributed by atoms with Crippen molar-refractivity contribution in [3.8, 4) is 0 Å². The van der Waals surface area contributed by atoms with Crippen LogP contribution in [0.1, 0.15) is 30.1 Å². The topological polar surface area (TPSA) is 29.1 Å². The fourth-order valence-corrected chi connectivity index (χ4v) is 1.80. The van der Waals surface area contributed by atoms with Gasteiger partial charge in [0.05, 0.1) is 4.47 Å². The molecule has 0 saturated heterocycles. The van der Waals surface area contributed by atoms with E-state index in [1.54, 1.807) is 0 Å². The summed E-state index contributed by atoms with van der Waals surface area (Å²) in [5, 5.41) is 2.87. The van der Waals surface area contributed by atoms with Gasteiger partial charge in [0.1, 0.15) is 5.82 Å². The molecule has 0 spiro atoms. The van der Waals surface area contributed by atoms with Crippen molar-refractivity contribution in [3.63, 3.8) is 0 Å². The van der Waals surface area contributed by atoms with E-state index in [4.69, 9.17) is 0 Å². The van der Waals surface area contributed by atoms with Crippen molar-refractivity contribution in [3.05, 3.63) is 34.1 Å². The summed E-state index contributed by atoms with van der Waals surface area (Å²) < 4.78 is 13.3. The van der Waals surface area contributed by atoms with E-state index in [2.05, 4.69) is 28.2 Å². The first-order valence-corrected chi connectivity index (χ1v) is 6.03. The zero-order valence-electron chi connectivity index (χ0n) is 9.02. The highest BCUT2D eigenvalue weighted by Gasteiger charge is 2.37. The minimum Gasteiger partial charge on any atom is -0.351 e. The average Bonchev–Trinajstić information content (AvgIpc) is 2.98. The van der Waals surface area contributed by atoms with Crippen molar-refractivity contribution >= 4 is 21.8 Å². The highest BCUT2D eigenvalue weighted by atomic mass is 79.9. The fraction of sp³-hybridized carbons (Fsp3) is 0.417. The molecule has 1 amide bonds. The Morgan fingerprint density at radius 3 is 2.81 bits per heavy atom. The summed E-state index contributed by atoms with van der Waals surface area (Å²) in [7, 11) is 0. The maximum atomic E-state index is 13.0. The minimum atomic E-state index is -0.356. The molecule has 2 rings (SSSR count). The molecule has 0 atom stereocenters. The standard InChI is InChI=1S/C12H13BrFNO/c1-12(4-5-12)7-15-11(16)8-2-3-10(14)9(13)6-8/h2-3,6H,4-5,7H2,1H3,(H,15,16). The SMILES string of the molecule is CC1(CNC(=O)c2ccc(F)c(Br)c2)CC1. The second-order valence-corrected chi connectivity index (χ2v) is 5.48. The van der Waals surface area contributed by atoms with Crippen LogP contribution in [-0.2, 0) is 0 Å². The molecule has 1 aliphatic rings. The van der Waals surface area contributed by atoms with Crippen LogP contribution in [0, 0.1) is 11.2 Å². The van der Waals surface area contributed by atoms with Gasteiger partial charge in [-0.25, -0.2) is 4.39 Å². The highest BCUT2D eigenvalue weighted by Crippen LogP contribution is 2.44. The van der Waals surface area contributed by atoms with Crippen molar-refractivity contribution in [1.82, 2.24) is 5.32 Å². The summed E-state index contributed by atoms with van der Waals surface area (Å²) in [6.07, 6.45) is 2.33. The van der Waals surface area contributed by atoms with Crippen molar-refractivity contribution in [2.75, 3.05) is 6.54 Å². The average molecular weight is 286 g/mol. The van der Waals surface area contributed by atoms with Crippen molar-refractivity contribution < 1.29 is 9.18 Å². The van der Waals surface area contributed by atoms with Gasteiger partial charge in [-0.2, -0.15) is 0 Å². The van der Waals surface area contributed by atoms with Crippen LogP contribution in [0.25, 0.3) is 0 Å². The van der Waals surface area contributed by atoms with Crippen LogP contribution in [-0.4, -0.2) is 12.5 Å². The van der Waals surface area contributed by atoms with E-state index in [-0.39, 0.29) is 17.1 Å². The molecule has 16 heavy (non-hydrogen) atoms. The molecule has 0 bridgehead atoms. The maximum Gasteiger partial charge on any atom is 0.251 e. The third-order valence-electron chi connectivity index (χ3n) is 2.96. The van der Waals surface area contributed by atoms with Crippen LogP contribution < -0.4 is 5.32 Å². The van der Waals surface area contributed by atoms with Crippen molar-refractivity contribution in [2.24, 2.45) is 5.41 Å². The van der Waals surface area contributed by atoms with Gasteiger partial charge < -0.3 is 5.32 Å². The number of halogens is 2. The van der Waals surface area contributed by atoms with Crippen LogP contribution in [0.4, 0.5) is 4.39 Å². The maximum absolute atomic E-state index is 13.0. The lowest BCUT2D eigenvalue weighted by atomic mass is 10.1. The highest BCUT2D eigenvalue weighted by molar-refractivity contribution is 9.10. The molecule has 0 aliphatic heterocycles. The van der Waals surface area contributed by atoms with E-state index in [1.165, 1.54) is 31.0 Å². The summed E-state index contributed by atoms with van der Waals surface area (Å²) in [6.45, 7) is 2.84. The Labute approximate surface area is 102 Å². The number of hydrogen-bond donors (Lipinski definition) is 1. The number of amides is 1. The monoisotopic (exact) mass is 285 g/mol. The summed E-state index contributed by atoms with van der Waals surface area (Å²) in [5.41, 5.74) is 0.768. The van der Waals surface area contributed by atoms with Gasteiger partial charge >= 0.3 is 0 Å². The molecule has 86 valence electrons. The zero-order chi connectivity index (χ0) is 11.8. The lowest BCUT2D eigenvalue weighted by molar-refractivity contribution is 0.0946. The lowest BCUT2D eigenvalue weighted by Gasteiger charge is -2.10. The van der Waals surface area contributed by atoms with Gasteiger partial charge in [0, 0.05) is 12.1 Å². The Bertz CT molecular complexity index is 429. The van der Waals surface area contributed by atoms with E-state index in [0.717, 1.165) is 0 Å². The number of hydrogen-bond acceptors (Lipinski definition) is 1. The molecule has 0 radical (unpaired) electrons. The first-order valence-electron chi connectivity index (χ1n) is 5.23. The molecule has 1 saturated carbocycles. The van der Waals surface area contributed by atoms with Crippen LogP contribution in [0.3, 0.4) is 0 Å². The third-order valence-corrected chi connectivity index (χ3v) is 3.57. The Morgan fingerprint density at radius 2 is 2.25 bits per heavy atom. The first-order chi connectivity index (χ1) is 7.50. The second kappa shape index (κ2) is 4.17. The molecule has 1 fully saturated rings. The quantitative estimate of drug-likeness (QED) is 0.908. The number of carbonyl (C=O) groups is 1. The fourth-order valence-electron chi connectivity index (χ4n) is 1.42. The molecule has 2 nitrogen and oxygen atoms in total. The molecule has 1 N–H and O–H groups in total. The largest absolute Gasteiger partial charge is 0.351 e. The second-order valence-electron chi connectivity index (χ2n) is 4.62. The van der Waals surface area contributed by atoms with Gasteiger partial charge in [0.2, 0.25) is 0 Å². The molecule has 1 aliphatic carbocycles. The Morgan fingerprint density at radius 1 is 1.56 bits per heavy atom. The number of rotatable bonds is 3. The number of carbonyl (C=O) groups excluding carboxylic acids is 1. The van der Waals surface area contributed by atoms with Crippen molar-refractivity contribution in [2.45, 2.75) is 19.8 Å². The first kappa shape index (κ1) is 11.6. The van der Waals surface area contributed by atoms with Crippen LogP contribution >= 0.6 is 15.9 Å². The molecular formula is C12H13BrFNO. The normalized spacial score (nSPS) is 16.9. The van der Waals surface area contributed by atoms with E-state index >= 15 is 0 Å². The number of nitrogens with one attached hydrogen (secondary N) is 1. The van der Waals surface area contributed by atoms with Crippen molar-refractivity contribution in [1.29, 1.82) is 0 Å². The van der Waals surface area contributed by atoms with E-state index < -0.39 is 0 Å². The van der Waals surface area contributed by atoms with E-state index in [9.17, 15) is 9.18 Å². The molecule has 0 heterocycles. The van der Waals surface area contributed by atoms with Gasteiger partial charge in [-0.05, 0) is 52.4 Å². The summed E-state index contributed by atoms with van der Waals surface area (Å²) in [4.78, 5) is 11.7. The smallest absolute Gasteiger partial charge is 0.251 e. The predicted molar refractivity (Wildman–Crippen MR) is 63.8 cm³/mol. The van der Waals surface area contributed by atoms with Crippen LogP contribution in [0.15, 0.2) is 22.7 Å². The Hall–Kier alpha value is -0.900. The predicted octanol–water partition coefficient (Wildman–Crippen LogP) is 3.12. The van der Waals surface area contributed by atoms with Gasteiger partial charge in [-0.1, -0.05) is 6.92 Å². The minimum absolute atomic E-state index is 0.145. The molecular weight excluding hydrogens is 273 g/mol. The van der Waals surface area contributed by atoms with Gasteiger partial charge in [0.15, 0.2) is 0 Å². The summed E-state index contributed by atoms with van der Waals surface area (Å²) in [6, 6.07) is 4.28. The van der Waals surface area contributed by atoms with Gasteiger partial charge in [-0.15, -0.1) is 0 Å². The van der Waals surface area contributed by atoms with E-state index in [1.807, 2.05) is 0 Å². The Kier molecular flexibility index (Phi) is 3.02. The molecule has 0 aromatic heterocycles. The zero-order valence-corrected chi connectivity index (χ0v) is 10.6. The molecule has 1 aromatic carbocycles. The number of benzene rings is 1. The molecule has 4 heteroatoms. The van der Waals surface area contributed by atoms with E-state index in [0.29, 0.717) is 16.6 Å². The van der Waals surface area contributed by atoms with Crippen LogP contribution in [0.2, 0.25) is 0 Å². The summed E-state index contributed by atoms with van der Waals surface area (Å²) in [5.74, 6) is -0.500. The Balaban J connectivity index is 2.00. The third kappa shape index (κ3) is 2.61. The van der Waals surface area contributed by atoms with Crippen LogP contribution in [0.5, 0.6) is 0 Å². The lowest BCUT2D eigenvalue weighted by Crippen LogP contribution is -2.28. The van der Waals surface area contributed by atoms with Gasteiger partial charge in [-0.3, -0.25) is 4.79 Å². The molecule has 1 aromatic rings.